The van der Waals surface area contributed by atoms with Gasteiger partial charge in [-0.15, -0.1) is 0 Å². The smallest absolute Gasteiger partial charge is 0.268 e. The molecule has 0 aliphatic heterocycles. The van der Waals surface area contributed by atoms with Gasteiger partial charge in [-0.3, -0.25) is 9.59 Å². The summed E-state index contributed by atoms with van der Waals surface area (Å²) in [6.45, 7) is 2.55. The zero-order valence-corrected chi connectivity index (χ0v) is 17.4. The first-order chi connectivity index (χ1) is 15.0. The molecule has 0 aliphatic rings. The molecule has 31 heavy (non-hydrogen) atoms. The summed E-state index contributed by atoms with van der Waals surface area (Å²) in [7, 11) is 1.55. The lowest BCUT2D eigenvalue weighted by molar-refractivity contribution is -0.117. The van der Waals surface area contributed by atoms with E-state index in [1.165, 1.54) is 12.3 Å². The highest BCUT2D eigenvalue weighted by molar-refractivity contribution is 6.05. The van der Waals surface area contributed by atoms with Gasteiger partial charge in [-0.1, -0.05) is 17.7 Å². The molecule has 0 fully saturated rings. The Morgan fingerprint density at radius 2 is 1.71 bits per heavy atom. The van der Waals surface area contributed by atoms with Crippen LogP contribution in [-0.2, 0) is 4.79 Å². The fraction of sp³-hybridized carbons (Fsp3) is 0.167. The second-order valence-corrected chi connectivity index (χ2v) is 6.67. The fourth-order valence-corrected chi connectivity index (χ4v) is 2.67. The number of rotatable bonds is 9. The van der Waals surface area contributed by atoms with Crippen LogP contribution in [0.15, 0.2) is 77.0 Å². The predicted molar refractivity (Wildman–Crippen MR) is 117 cm³/mol. The van der Waals surface area contributed by atoms with E-state index in [9.17, 15) is 9.59 Å². The number of amides is 2. The Kier molecular flexibility index (Phi) is 7.48. The van der Waals surface area contributed by atoms with Crippen LogP contribution < -0.4 is 20.1 Å². The van der Waals surface area contributed by atoms with E-state index in [4.69, 9.17) is 13.9 Å². The average Bonchev–Trinajstić information content (AvgIpc) is 3.30. The van der Waals surface area contributed by atoms with Crippen LogP contribution in [0.25, 0.3) is 6.08 Å². The van der Waals surface area contributed by atoms with Gasteiger partial charge in [0, 0.05) is 11.6 Å². The minimum absolute atomic E-state index is 0.0612. The monoisotopic (exact) mass is 420 g/mol. The maximum Gasteiger partial charge on any atom is 0.268 e. The molecule has 0 spiro atoms. The number of methoxy groups -OCH3 is 1. The lowest BCUT2D eigenvalue weighted by atomic mass is 10.2. The van der Waals surface area contributed by atoms with E-state index in [0.29, 0.717) is 17.1 Å². The third-order valence-corrected chi connectivity index (χ3v) is 4.35. The Balaban J connectivity index is 1.61. The topological polar surface area (TPSA) is 89.8 Å². The molecule has 0 saturated heterocycles. The summed E-state index contributed by atoms with van der Waals surface area (Å²) in [5, 5.41) is 5.39. The zero-order valence-electron chi connectivity index (χ0n) is 17.4. The number of carbonyl (C=O) groups is 2. The van der Waals surface area contributed by atoms with Crippen molar-refractivity contribution in [3.8, 4) is 11.5 Å². The van der Waals surface area contributed by atoms with Crippen molar-refractivity contribution < 1.29 is 23.5 Å². The number of aryl methyl sites for hydroxylation is 1. The van der Waals surface area contributed by atoms with E-state index in [0.717, 1.165) is 11.3 Å². The Morgan fingerprint density at radius 3 is 2.35 bits per heavy atom. The first-order valence-electron chi connectivity index (χ1n) is 9.73. The molecule has 7 heteroatoms. The highest BCUT2D eigenvalue weighted by Gasteiger charge is 2.15. The van der Waals surface area contributed by atoms with Crippen molar-refractivity contribution in [3.63, 3.8) is 0 Å². The van der Waals surface area contributed by atoms with Crippen LogP contribution in [0, 0.1) is 6.92 Å². The van der Waals surface area contributed by atoms with Crippen molar-refractivity contribution in [2.24, 2.45) is 0 Å². The van der Waals surface area contributed by atoms with E-state index in [-0.39, 0.29) is 18.8 Å². The van der Waals surface area contributed by atoms with Gasteiger partial charge in [-0.05, 0) is 55.5 Å². The number of carbonyl (C=O) groups excluding carboxylic acids is 2. The molecule has 160 valence electrons. The Labute approximate surface area is 180 Å². The summed E-state index contributed by atoms with van der Waals surface area (Å²) in [5.74, 6) is 0.918. The number of hydrogen-bond donors (Lipinski definition) is 2. The summed E-state index contributed by atoms with van der Waals surface area (Å²) in [6, 6.07) is 17.6. The van der Waals surface area contributed by atoms with Gasteiger partial charge in [0.05, 0.1) is 19.9 Å². The van der Waals surface area contributed by atoms with Gasteiger partial charge in [0.1, 0.15) is 29.6 Å². The summed E-state index contributed by atoms with van der Waals surface area (Å²) < 4.78 is 16.0. The predicted octanol–water partition coefficient (Wildman–Crippen LogP) is 3.56. The van der Waals surface area contributed by atoms with Crippen molar-refractivity contribution in [3.05, 3.63) is 89.5 Å². The molecule has 2 amide bonds. The van der Waals surface area contributed by atoms with Gasteiger partial charge in [0.15, 0.2) is 0 Å². The normalized spacial score (nSPS) is 11.0. The Hall–Kier alpha value is -4.00. The number of benzene rings is 2. The fourth-order valence-electron chi connectivity index (χ4n) is 2.67. The van der Waals surface area contributed by atoms with Gasteiger partial charge in [0.25, 0.3) is 11.8 Å². The molecule has 2 aromatic carbocycles. The van der Waals surface area contributed by atoms with Crippen molar-refractivity contribution >= 4 is 17.9 Å². The minimum atomic E-state index is -0.453. The maximum atomic E-state index is 12.7. The number of nitrogens with one attached hydrogen (secondary N) is 2. The van der Waals surface area contributed by atoms with Gasteiger partial charge in [0.2, 0.25) is 0 Å². The molecule has 0 aliphatic carbocycles. The molecular formula is C24H24N2O5. The van der Waals surface area contributed by atoms with E-state index in [1.54, 1.807) is 43.5 Å². The first-order valence-corrected chi connectivity index (χ1v) is 9.73. The SMILES string of the molecule is COc1ccc(C(=O)N/C(=C\c2ccco2)C(=O)NCCOc2ccc(C)cc2)cc1. The third kappa shape index (κ3) is 6.50. The molecule has 0 radical (unpaired) electrons. The van der Waals surface area contributed by atoms with Crippen LogP contribution in [0.1, 0.15) is 21.7 Å². The van der Waals surface area contributed by atoms with E-state index >= 15 is 0 Å². The van der Waals surface area contributed by atoms with Gasteiger partial charge in [-0.2, -0.15) is 0 Å². The lowest BCUT2D eigenvalue weighted by Gasteiger charge is -2.12. The molecular weight excluding hydrogens is 396 g/mol. The molecule has 7 nitrogen and oxygen atoms in total. The number of ether oxygens (including phenoxy) is 2. The lowest BCUT2D eigenvalue weighted by Crippen LogP contribution is -2.36. The third-order valence-electron chi connectivity index (χ3n) is 4.35. The van der Waals surface area contributed by atoms with Crippen LogP contribution in [0.2, 0.25) is 0 Å². The van der Waals surface area contributed by atoms with Crippen LogP contribution in [0.4, 0.5) is 0 Å². The molecule has 3 aromatic rings. The summed E-state index contributed by atoms with van der Waals surface area (Å²) in [6.07, 6.45) is 2.96. The highest BCUT2D eigenvalue weighted by Crippen LogP contribution is 2.13. The van der Waals surface area contributed by atoms with E-state index < -0.39 is 11.8 Å². The van der Waals surface area contributed by atoms with Gasteiger partial charge < -0.3 is 24.5 Å². The number of furan rings is 1. The number of hydrogen-bond acceptors (Lipinski definition) is 5. The second kappa shape index (κ2) is 10.7. The zero-order chi connectivity index (χ0) is 22.1. The maximum absolute atomic E-state index is 12.7. The second-order valence-electron chi connectivity index (χ2n) is 6.67. The molecule has 1 heterocycles. The Morgan fingerprint density at radius 1 is 1.00 bits per heavy atom. The van der Waals surface area contributed by atoms with Crippen molar-refractivity contribution in [1.82, 2.24) is 10.6 Å². The van der Waals surface area contributed by atoms with Crippen LogP contribution in [0.3, 0.4) is 0 Å². The van der Waals surface area contributed by atoms with Crippen LogP contribution in [-0.4, -0.2) is 32.1 Å². The minimum Gasteiger partial charge on any atom is -0.497 e. The summed E-state index contributed by atoms with van der Waals surface area (Å²) in [5.41, 5.74) is 1.59. The van der Waals surface area contributed by atoms with Crippen molar-refractivity contribution in [1.29, 1.82) is 0 Å². The summed E-state index contributed by atoms with van der Waals surface area (Å²) in [4.78, 5) is 25.3. The molecule has 3 rings (SSSR count). The van der Waals surface area contributed by atoms with Gasteiger partial charge >= 0.3 is 0 Å². The standard InChI is InChI=1S/C24H24N2O5/c1-17-5-9-20(10-6-17)31-15-13-25-24(28)22(16-21-4-3-14-30-21)26-23(27)18-7-11-19(29-2)12-8-18/h3-12,14,16H,13,15H2,1-2H3,(H,25,28)(H,26,27)/b22-16-. The van der Waals surface area contributed by atoms with Crippen molar-refractivity contribution in [2.75, 3.05) is 20.3 Å². The Bertz CT molecular complexity index is 1020. The average molecular weight is 420 g/mol. The quantitative estimate of drug-likeness (QED) is 0.408. The molecule has 0 bridgehead atoms. The first kappa shape index (κ1) is 21.7. The van der Waals surface area contributed by atoms with Crippen molar-refractivity contribution in [2.45, 2.75) is 6.92 Å². The molecule has 1 aromatic heterocycles. The highest BCUT2D eigenvalue weighted by atomic mass is 16.5. The molecule has 0 atom stereocenters. The largest absolute Gasteiger partial charge is 0.497 e. The van der Waals surface area contributed by atoms with E-state index in [2.05, 4.69) is 10.6 Å². The molecule has 0 saturated carbocycles. The van der Waals surface area contributed by atoms with Crippen LogP contribution in [0.5, 0.6) is 11.5 Å². The van der Waals surface area contributed by atoms with E-state index in [1.807, 2.05) is 31.2 Å². The summed E-state index contributed by atoms with van der Waals surface area (Å²) >= 11 is 0. The van der Waals surface area contributed by atoms with Crippen LogP contribution >= 0.6 is 0 Å². The van der Waals surface area contributed by atoms with Gasteiger partial charge in [-0.25, -0.2) is 0 Å². The molecule has 2 N–H and O–H groups in total. The molecule has 0 unspecified atom stereocenters.